The molecule has 5 nitrogen and oxygen atoms in total. The molecular formula is C25H21NO4. The Morgan fingerprint density at radius 3 is 2.40 bits per heavy atom. The van der Waals surface area contributed by atoms with E-state index in [0.29, 0.717) is 24.5 Å². The number of rotatable bonds is 7. The van der Waals surface area contributed by atoms with Gasteiger partial charge in [0, 0.05) is 11.1 Å². The molecule has 1 aliphatic heterocycles. The molecule has 0 amide bonds. The molecule has 0 atom stereocenters. The molecule has 30 heavy (non-hydrogen) atoms. The van der Waals surface area contributed by atoms with E-state index >= 15 is 0 Å². The molecule has 0 fully saturated rings. The number of carbonyl (C=O) groups excluding carboxylic acids is 1. The highest BCUT2D eigenvalue weighted by molar-refractivity contribution is 6.13. The third-order valence-corrected chi connectivity index (χ3v) is 4.48. The first-order chi connectivity index (χ1) is 14.7. The van der Waals surface area contributed by atoms with Crippen LogP contribution in [0.15, 0.2) is 89.6 Å². The Balaban J connectivity index is 1.55. The van der Waals surface area contributed by atoms with Crippen LogP contribution >= 0.6 is 0 Å². The van der Waals surface area contributed by atoms with Gasteiger partial charge in [-0.25, -0.2) is 9.79 Å². The second-order valence-corrected chi connectivity index (χ2v) is 6.61. The van der Waals surface area contributed by atoms with E-state index in [2.05, 4.69) is 4.99 Å². The van der Waals surface area contributed by atoms with Crippen LogP contribution in [0.2, 0.25) is 0 Å². The Bertz CT molecular complexity index is 1090. The number of hydrogen-bond acceptors (Lipinski definition) is 5. The fraction of sp³-hybridized carbons (Fsp3) is 0.120. The summed E-state index contributed by atoms with van der Waals surface area (Å²) in [5, 5.41) is 0. The zero-order valence-electron chi connectivity index (χ0n) is 16.6. The molecule has 150 valence electrons. The zero-order valence-corrected chi connectivity index (χ0v) is 16.6. The minimum atomic E-state index is -0.489. The van der Waals surface area contributed by atoms with E-state index in [0.717, 1.165) is 16.9 Å². The SMILES string of the molecule is CCOc1ccc(C2=N/C(=C/c3ccccc3OCc3ccccc3)C(=O)O2)cc1. The van der Waals surface area contributed by atoms with Crippen LogP contribution in [0.25, 0.3) is 6.08 Å². The minimum absolute atomic E-state index is 0.231. The van der Waals surface area contributed by atoms with Gasteiger partial charge in [-0.05, 0) is 48.9 Å². The lowest BCUT2D eigenvalue weighted by molar-refractivity contribution is -0.129. The van der Waals surface area contributed by atoms with Crippen molar-refractivity contribution in [3.05, 3.63) is 101 Å². The van der Waals surface area contributed by atoms with E-state index in [4.69, 9.17) is 14.2 Å². The molecule has 3 aromatic rings. The predicted molar refractivity (Wildman–Crippen MR) is 115 cm³/mol. The number of nitrogens with zero attached hydrogens (tertiary/aromatic N) is 1. The summed E-state index contributed by atoms with van der Waals surface area (Å²) in [6.45, 7) is 2.95. The van der Waals surface area contributed by atoms with E-state index in [1.165, 1.54) is 0 Å². The molecule has 0 bridgehead atoms. The van der Waals surface area contributed by atoms with Gasteiger partial charge in [0.05, 0.1) is 6.61 Å². The molecule has 5 heteroatoms. The molecule has 1 aliphatic rings. The molecule has 0 spiro atoms. The molecular weight excluding hydrogens is 378 g/mol. The number of ether oxygens (including phenoxy) is 3. The average molecular weight is 399 g/mol. The normalized spacial score (nSPS) is 14.4. The fourth-order valence-electron chi connectivity index (χ4n) is 3.01. The maximum Gasteiger partial charge on any atom is 0.363 e. The van der Waals surface area contributed by atoms with Gasteiger partial charge in [-0.3, -0.25) is 0 Å². The Morgan fingerprint density at radius 2 is 1.63 bits per heavy atom. The van der Waals surface area contributed by atoms with Crippen molar-refractivity contribution in [2.75, 3.05) is 6.61 Å². The highest BCUT2D eigenvalue weighted by Crippen LogP contribution is 2.26. The monoisotopic (exact) mass is 399 g/mol. The molecule has 0 saturated heterocycles. The molecule has 0 unspecified atom stereocenters. The van der Waals surface area contributed by atoms with Crippen LogP contribution in [0.5, 0.6) is 11.5 Å². The van der Waals surface area contributed by atoms with Crippen molar-refractivity contribution in [2.24, 2.45) is 4.99 Å². The molecule has 3 aromatic carbocycles. The van der Waals surface area contributed by atoms with Crippen LogP contribution in [0.1, 0.15) is 23.6 Å². The van der Waals surface area contributed by atoms with Crippen LogP contribution in [0.3, 0.4) is 0 Å². The van der Waals surface area contributed by atoms with Crippen molar-refractivity contribution in [3.8, 4) is 11.5 Å². The van der Waals surface area contributed by atoms with Gasteiger partial charge in [-0.1, -0.05) is 48.5 Å². The summed E-state index contributed by atoms with van der Waals surface area (Å²) in [6, 6.07) is 24.7. The van der Waals surface area contributed by atoms with Crippen molar-refractivity contribution in [1.29, 1.82) is 0 Å². The standard InChI is InChI=1S/C25H21NO4/c1-2-28-21-14-12-19(13-15-21)24-26-22(25(27)30-24)16-20-10-6-7-11-23(20)29-17-18-8-4-3-5-9-18/h3-16H,2,17H2,1H3/b22-16+. The summed E-state index contributed by atoms with van der Waals surface area (Å²) in [6.07, 6.45) is 1.68. The largest absolute Gasteiger partial charge is 0.494 e. The van der Waals surface area contributed by atoms with Gasteiger partial charge in [0.15, 0.2) is 5.70 Å². The van der Waals surface area contributed by atoms with Gasteiger partial charge in [-0.2, -0.15) is 0 Å². The van der Waals surface area contributed by atoms with E-state index in [9.17, 15) is 4.79 Å². The summed E-state index contributed by atoms with van der Waals surface area (Å²) in [7, 11) is 0. The van der Waals surface area contributed by atoms with Crippen LogP contribution in [0, 0.1) is 0 Å². The van der Waals surface area contributed by atoms with Gasteiger partial charge in [-0.15, -0.1) is 0 Å². The lowest BCUT2D eigenvalue weighted by Gasteiger charge is -2.09. The maximum absolute atomic E-state index is 12.4. The number of benzene rings is 3. The Kier molecular flexibility index (Phi) is 5.90. The van der Waals surface area contributed by atoms with Gasteiger partial charge in [0.1, 0.15) is 18.1 Å². The number of cyclic esters (lactones) is 1. The average Bonchev–Trinajstić information content (AvgIpc) is 3.15. The molecule has 0 aliphatic carbocycles. The maximum atomic E-state index is 12.4. The number of hydrogen-bond donors (Lipinski definition) is 0. The summed E-state index contributed by atoms with van der Waals surface area (Å²) >= 11 is 0. The third kappa shape index (κ3) is 4.58. The summed E-state index contributed by atoms with van der Waals surface area (Å²) in [5.41, 5.74) is 2.77. The number of aliphatic imine (C=N–C) groups is 1. The molecule has 0 saturated carbocycles. The lowest BCUT2D eigenvalue weighted by atomic mass is 10.1. The number of carbonyl (C=O) groups is 1. The summed E-state index contributed by atoms with van der Waals surface area (Å²) in [5.74, 6) is 1.21. The first-order valence-electron chi connectivity index (χ1n) is 9.74. The highest BCUT2D eigenvalue weighted by Gasteiger charge is 2.24. The topological polar surface area (TPSA) is 57.1 Å². The second-order valence-electron chi connectivity index (χ2n) is 6.61. The van der Waals surface area contributed by atoms with Crippen molar-refractivity contribution in [3.63, 3.8) is 0 Å². The van der Waals surface area contributed by atoms with Crippen LogP contribution in [0.4, 0.5) is 0 Å². The van der Waals surface area contributed by atoms with E-state index in [1.54, 1.807) is 6.08 Å². The van der Waals surface area contributed by atoms with Crippen LogP contribution < -0.4 is 9.47 Å². The van der Waals surface area contributed by atoms with Gasteiger partial charge in [0.2, 0.25) is 5.90 Å². The fourth-order valence-corrected chi connectivity index (χ4v) is 3.01. The van der Waals surface area contributed by atoms with E-state index in [1.807, 2.05) is 85.8 Å². The Hall–Kier alpha value is -3.86. The molecule has 0 aromatic heterocycles. The Labute approximate surface area is 175 Å². The number of esters is 1. The van der Waals surface area contributed by atoms with Crippen molar-refractivity contribution >= 4 is 17.9 Å². The lowest BCUT2D eigenvalue weighted by Crippen LogP contribution is -2.05. The van der Waals surface area contributed by atoms with Gasteiger partial charge < -0.3 is 14.2 Å². The first kappa shape index (κ1) is 19.5. The van der Waals surface area contributed by atoms with Crippen molar-refractivity contribution in [2.45, 2.75) is 13.5 Å². The molecule has 0 N–H and O–H groups in total. The molecule has 1 heterocycles. The summed E-state index contributed by atoms with van der Waals surface area (Å²) < 4.78 is 16.8. The van der Waals surface area contributed by atoms with E-state index < -0.39 is 5.97 Å². The highest BCUT2D eigenvalue weighted by atomic mass is 16.6. The quantitative estimate of drug-likeness (QED) is 0.414. The smallest absolute Gasteiger partial charge is 0.363 e. The Morgan fingerprint density at radius 1 is 0.900 bits per heavy atom. The van der Waals surface area contributed by atoms with Crippen LogP contribution in [-0.2, 0) is 16.1 Å². The van der Waals surface area contributed by atoms with Gasteiger partial charge >= 0.3 is 5.97 Å². The van der Waals surface area contributed by atoms with Crippen molar-refractivity contribution < 1.29 is 19.0 Å². The minimum Gasteiger partial charge on any atom is -0.494 e. The van der Waals surface area contributed by atoms with Crippen LogP contribution in [-0.4, -0.2) is 18.5 Å². The number of para-hydroxylation sites is 1. The zero-order chi connectivity index (χ0) is 20.8. The van der Waals surface area contributed by atoms with Gasteiger partial charge in [0.25, 0.3) is 0 Å². The first-order valence-corrected chi connectivity index (χ1v) is 9.74. The third-order valence-electron chi connectivity index (χ3n) is 4.48. The second kappa shape index (κ2) is 9.09. The van der Waals surface area contributed by atoms with E-state index in [-0.39, 0.29) is 11.6 Å². The molecule has 4 rings (SSSR count). The van der Waals surface area contributed by atoms with Crippen molar-refractivity contribution in [1.82, 2.24) is 0 Å². The summed E-state index contributed by atoms with van der Waals surface area (Å²) in [4.78, 5) is 16.7. The predicted octanol–water partition coefficient (Wildman–Crippen LogP) is 5.01. The molecule has 0 radical (unpaired) electrons.